The standard InChI is InChI=1S/C26H26N2O2/c1-18-10-7-8-15-23(18)28-25(20(3)16-30-17-21-12-5-4-6-13-21)27-22-14-9-11-19(2)24(22)26(28)29/h4-15,20H,16-17H2,1-3H3. The highest BCUT2D eigenvalue weighted by molar-refractivity contribution is 5.81. The van der Waals surface area contributed by atoms with Crippen molar-refractivity contribution in [2.75, 3.05) is 6.61 Å². The van der Waals surface area contributed by atoms with Gasteiger partial charge in [0.15, 0.2) is 0 Å². The Morgan fingerprint density at radius 2 is 1.60 bits per heavy atom. The van der Waals surface area contributed by atoms with E-state index in [0.717, 1.165) is 33.7 Å². The third kappa shape index (κ3) is 3.91. The first-order valence-corrected chi connectivity index (χ1v) is 10.3. The third-order valence-electron chi connectivity index (χ3n) is 5.41. The molecule has 0 aliphatic carbocycles. The van der Waals surface area contributed by atoms with E-state index in [-0.39, 0.29) is 11.5 Å². The predicted molar refractivity (Wildman–Crippen MR) is 121 cm³/mol. The van der Waals surface area contributed by atoms with Gasteiger partial charge in [0.2, 0.25) is 0 Å². The number of rotatable bonds is 6. The van der Waals surface area contributed by atoms with Gasteiger partial charge in [-0.2, -0.15) is 0 Å². The van der Waals surface area contributed by atoms with Crippen molar-refractivity contribution in [3.63, 3.8) is 0 Å². The normalized spacial score (nSPS) is 12.2. The zero-order valence-corrected chi connectivity index (χ0v) is 17.6. The van der Waals surface area contributed by atoms with Crippen molar-refractivity contribution in [1.29, 1.82) is 0 Å². The second-order valence-corrected chi connectivity index (χ2v) is 7.77. The Morgan fingerprint density at radius 1 is 0.900 bits per heavy atom. The fraction of sp³-hybridized carbons (Fsp3) is 0.231. The van der Waals surface area contributed by atoms with Gasteiger partial charge in [0, 0.05) is 5.92 Å². The third-order valence-corrected chi connectivity index (χ3v) is 5.41. The molecule has 4 heteroatoms. The highest BCUT2D eigenvalue weighted by atomic mass is 16.5. The quantitative estimate of drug-likeness (QED) is 0.441. The van der Waals surface area contributed by atoms with Gasteiger partial charge in [-0.15, -0.1) is 0 Å². The van der Waals surface area contributed by atoms with Crippen molar-refractivity contribution < 1.29 is 4.74 Å². The molecule has 0 aliphatic rings. The van der Waals surface area contributed by atoms with Gasteiger partial charge in [-0.05, 0) is 42.7 Å². The number of ether oxygens (including phenoxy) is 1. The molecule has 0 bridgehead atoms. The summed E-state index contributed by atoms with van der Waals surface area (Å²) >= 11 is 0. The van der Waals surface area contributed by atoms with Crippen molar-refractivity contribution in [3.05, 3.63) is 106 Å². The van der Waals surface area contributed by atoms with Crippen LogP contribution in [0.1, 0.15) is 35.4 Å². The van der Waals surface area contributed by atoms with E-state index < -0.39 is 0 Å². The number of para-hydroxylation sites is 1. The van der Waals surface area contributed by atoms with Gasteiger partial charge in [-0.25, -0.2) is 4.98 Å². The zero-order chi connectivity index (χ0) is 21.1. The Balaban J connectivity index is 1.77. The molecule has 0 radical (unpaired) electrons. The summed E-state index contributed by atoms with van der Waals surface area (Å²) in [6.45, 7) is 7.05. The summed E-state index contributed by atoms with van der Waals surface area (Å²) in [6.07, 6.45) is 0. The Hall–Kier alpha value is -3.24. The minimum atomic E-state index is -0.0501. The molecule has 0 fully saturated rings. The fourth-order valence-electron chi connectivity index (χ4n) is 3.79. The number of nitrogens with zero attached hydrogens (tertiary/aromatic N) is 2. The molecular weight excluding hydrogens is 372 g/mol. The van der Waals surface area contributed by atoms with Crippen LogP contribution >= 0.6 is 0 Å². The lowest BCUT2D eigenvalue weighted by atomic mass is 10.1. The first-order chi connectivity index (χ1) is 14.6. The molecule has 1 atom stereocenters. The van der Waals surface area contributed by atoms with Crippen molar-refractivity contribution in [3.8, 4) is 5.69 Å². The molecule has 0 spiro atoms. The first-order valence-electron chi connectivity index (χ1n) is 10.3. The summed E-state index contributed by atoms with van der Waals surface area (Å²) in [4.78, 5) is 18.5. The molecule has 4 aromatic rings. The number of aryl methyl sites for hydroxylation is 2. The van der Waals surface area contributed by atoms with Gasteiger partial charge >= 0.3 is 0 Å². The lowest BCUT2D eigenvalue weighted by molar-refractivity contribution is 0.108. The summed E-state index contributed by atoms with van der Waals surface area (Å²) < 4.78 is 7.74. The van der Waals surface area contributed by atoms with Crippen molar-refractivity contribution in [1.82, 2.24) is 9.55 Å². The van der Waals surface area contributed by atoms with Crippen LogP contribution in [0.25, 0.3) is 16.6 Å². The number of aromatic nitrogens is 2. The number of benzene rings is 3. The second-order valence-electron chi connectivity index (χ2n) is 7.77. The molecule has 0 amide bonds. The van der Waals surface area contributed by atoms with E-state index in [9.17, 15) is 4.79 Å². The molecule has 4 nitrogen and oxygen atoms in total. The van der Waals surface area contributed by atoms with Crippen LogP contribution in [-0.2, 0) is 11.3 Å². The van der Waals surface area contributed by atoms with Gasteiger partial charge in [-0.1, -0.05) is 67.6 Å². The smallest absolute Gasteiger partial charge is 0.266 e. The number of hydrogen-bond acceptors (Lipinski definition) is 3. The van der Waals surface area contributed by atoms with Crippen LogP contribution in [0.15, 0.2) is 77.6 Å². The lowest BCUT2D eigenvalue weighted by Crippen LogP contribution is -2.27. The van der Waals surface area contributed by atoms with Crippen molar-refractivity contribution in [2.45, 2.75) is 33.3 Å². The van der Waals surface area contributed by atoms with Crippen LogP contribution in [0.2, 0.25) is 0 Å². The van der Waals surface area contributed by atoms with Crippen LogP contribution in [0.4, 0.5) is 0 Å². The summed E-state index contributed by atoms with van der Waals surface area (Å²) in [5.74, 6) is 0.673. The molecule has 1 unspecified atom stereocenters. The second kappa shape index (κ2) is 8.64. The van der Waals surface area contributed by atoms with E-state index in [1.807, 2.05) is 86.6 Å². The molecule has 0 saturated heterocycles. The van der Waals surface area contributed by atoms with Gasteiger partial charge in [0.25, 0.3) is 5.56 Å². The summed E-state index contributed by atoms with van der Waals surface area (Å²) in [5, 5.41) is 0.668. The molecule has 0 aliphatic heterocycles. The van der Waals surface area contributed by atoms with Crippen molar-refractivity contribution >= 4 is 10.9 Å². The van der Waals surface area contributed by atoms with Gasteiger partial charge in [0.1, 0.15) is 5.82 Å². The number of fused-ring (bicyclic) bond motifs is 1. The molecule has 30 heavy (non-hydrogen) atoms. The average molecular weight is 399 g/mol. The molecule has 0 N–H and O–H groups in total. The first kappa shape index (κ1) is 20.0. The Bertz CT molecular complexity index is 1230. The summed E-state index contributed by atoms with van der Waals surface area (Å²) in [6, 6.07) is 23.8. The minimum Gasteiger partial charge on any atom is -0.376 e. The van der Waals surface area contributed by atoms with Crippen LogP contribution < -0.4 is 5.56 Å². The Morgan fingerprint density at radius 3 is 2.37 bits per heavy atom. The maximum atomic E-state index is 13.6. The molecule has 3 aromatic carbocycles. The van der Waals surface area contributed by atoms with E-state index >= 15 is 0 Å². The maximum Gasteiger partial charge on any atom is 0.266 e. The molecule has 4 rings (SSSR count). The molecule has 1 heterocycles. The van der Waals surface area contributed by atoms with E-state index in [4.69, 9.17) is 9.72 Å². The van der Waals surface area contributed by atoms with E-state index in [1.165, 1.54) is 0 Å². The van der Waals surface area contributed by atoms with Crippen molar-refractivity contribution in [2.24, 2.45) is 0 Å². The topological polar surface area (TPSA) is 44.1 Å². The summed E-state index contributed by atoms with van der Waals surface area (Å²) in [5.41, 5.74) is 4.67. The summed E-state index contributed by atoms with van der Waals surface area (Å²) in [7, 11) is 0. The van der Waals surface area contributed by atoms with E-state index in [1.54, 1.807) is 4.57 Å². The van der Waals surface area contributed by atoms with Crippen LogP contribution in [-0.4, -0.2) is 16.2 Å². The SMILES string of the molecule is Cc1ccccc1-n1c(C(C)COCc2ccccc2)nc2cccc(C)c2c1=O. The molecule has 152 valence electrons. The number of hydrogen-bond donors (Lipinski definition) is 0. The molecular formula is C26H26N2O2. The largest absolute Gasteiger partial charge is 0.376 e. The lowest BCUT2D eigenvalue weighted by Gasteiger charge is -2.20. The molecule has 0 saturated carbocycles. The highest BCUT2D eigenvalue weighted by Gasteiger charge is 2.20. The zero-order valence-electron chi connectivity index (χ0n) is 17.6. The van der Waals surface area contributed by atoms with Crippen LogP contribution in [0.5, 0.6) is 0 Å². The fourth-order valence-corrected chi connectivity index (χ4v) is 3.79. The Labute approximate surface area is 176 Å². The monoisotopic (exact) mass is 398 g/mol. The van der Waals surface area contributed by atoms with E-state index in [0.29, 0.717) is 18.6 Å². The van der Waals surface area contributed by atoms with Gasteiger partial charge in [-0.3, -0.25) is 9.36 Å². The van der Waals surface area contributed by atoms with Crippen LogP contribution in [0, 0.1) is 13.8 Å². The predicted octanol–water partition coefficient (Wildman–Crippen LogP) is 5.32. The average Bonchev–Trinajstić information content (AvgIpc) is 2.75. The Kier molecular flexibility index (Phi) is 5.77. The highest BCUT2D eigenvalue weighted by Crippen LogP contribution is 2.23. The van der Waals surface area contributed by atoms with Crippen LogP contribution in [0.3, 0.4) is 0 Å². The van der Waals surface area contributed by atoms with E-state index in [2.05, 4.69) is 6.92 Å². The van der Waals surface area contributed by atoms with Gasteiger partial charge < -0.3 is 4.74 Å². The maximum absolute atomic E-state index is 13.6. The van der Waals surface area contributed by atoms with Gasteiger partial charge in [0.05, 0.1) is 29.8 Å². The minimum absolute atomic E-state index is 0.0303. The molecule has 1 aromatic heterocycles.